The van der Waals surface area contributed by atoms with Gasteiger partial charge >= 0.3 is 0 Å². The molecule has 0 bridgehead atoms. The van der Waals surface area contributed by atoms with Gasteiger partial charge in [0.1, 0.15) is 0 Å². The van der Waals surface area contributed by atoms with Gasteiger partial charge in [-0.2, -0.15) is 0 Å². The smallest absolute Gasteiger partial charge is 0.0402 e. The highest BCUT2D eigenvalue weighted by molar-refractivity contribution is 5.47. The molecule has 1 heterocycles. The van der Waals surface area contributed by atoms with Gasteiger partial charge in [-0.05, 0) is 37.8 Å². The van der Waals surface area contributed by atoms with Crippen LogP contribution >= 0.6 is 0 Å². The van der Waals surface area contributed by atoms with Gasteiger partial charge in [-0.1, -0.05) is 38.5 Å². The molecule has 3 rings (SSSR count). The lowest BCUT2D eigenvalue weighted by atomic mass is 9.88. The van der Waals surface area contributed by atoms with E-state index in [0.29, 0.717) is 0 Å². The molecule has 0 N–H and O–H groups in total. The lowest BCUT2D eigenvalue weighted by Crippen LogP contribution is -2.45. The van der Waals surface area contributed by atoms with Crippen molar-refractivity contribution >= 4 is 5.69 Å². The summed E-state index contributed by atoms with van der Waals surface area (Å²) in [6, 6.07) is 5.98. The monoisotopic (exact) mass is 258 g/mol. The minimum Gasteiger partial charge on any atom is -0.365 e. The second-order valence-corrected chi connectivity index (χ2v) is 6.20. The van der Waals surface area contributed by atoms with Gasteiger partial charge in [0.05, 0.1) is 0 Å². The molecule has 2 nitrogen and oxygen atoms in total. The molecular weight excluding hydrogens is 232 g/mol. The molecule has 0 aliphatic heterocycles. The number of anilines is 1. The van der Waals surface area contributed by atoms with Crippen molar-refractivity contribution in [3.8, 4) is 0 Å². The van der Waals surface area contributed by atoms with Gasteiger partial charge in [0.15, 0.2) is 0 Å². The van der Waals surface area contributed by atoms with Gasteiger partial charge in [-0.25, -0.2) is 0 Å². The van der Waals surface area contributed by atoms with Crippen molar-refractivity contribution in [1.29, 1.82) is 0 Å². The predicted molar refractivity (Wildman–Crippen MR) is 80.5 cm³/mol. The SMILES string of the molecule is c1cc(N(C2CCCCC2)C2CCCCC2)ccn1. The molecule has 1 aromatic rings. The molecule has 0 aromatic carbocycles. The Morgan fingerprint density at radius 2 is 1.21 bits per heavy atom. The van der Waals surface area contributed by atoms with Crippen LogP contribution in [0.5, 0.6) is 0 Å². The molecule has 2 saturated carbocycles. The number of nitrogens with zero attached hydrogens (tertiary/aromatic N) is 2. The van der Waals surface area contributed by atoms with E-state index in [1.165, 1.54) is 69.9 Å². The van der Waals surface area contributed by atoms with Gasteiger partial charge < -0.3 is 4.90 Å². The molecule has 1 aromatic heterocycles. The average molecular weight is 258 g/mol. The van der Waals surface area contributed by atoms with E-state index in [9.17, 15) is 0 Å². The van der Waals surface area contributed by atoms with Crippen molar-refractivity contribution in [3.63, 3.8) is 0 Å². The zero-order valence-electron chi connectivity index (χ0n) is 11.9. The number of pyridine rings is 1. The van der Waals surface area contributed by atoms with Crippen molar-refractivity contribution in [2.45, 2.75) is 76.3 Å². The summed E-state index contributed by atoms with van der Waals surface area (Å²) in [4.78, 5) is 6.96. The van der Waals surface area contributed by atoms with Crippen LogP contribution in [0.1, 0.15) is 64.2 Å². The number of hydrogen-bond donors (Lipinski definition) is 0. The van der Waals surface area contributed by atoms with Crippen LogP contribution in [0.2, 0.25) is 0 Å². The molecule has 0 saturated heterocycles. The van der Waals surface area contributed by atoms with E-state index in [1.54, 1.807) is 0 Å². The van der Waals surface area contributed by atoms with E-state index in [2.05, 4.69) is 22.0 Å². The normalized spacial score (nSPS) is 22.3. The van der Waals surface area contributed by atoms with E-state index < -0.39 is 0 Å². The standard InChI is InChI=1S/C17H26N2/c1-3-7-15(8-4-1)19(16-9-5-2-6-10-16)17-11-13-18-14-12-17/h11-16H,1-10H2. The minimum absolute atomic E-state index is 0.777. The summed E-state index contributed by atoms with van der Waals surface area (Å²) >= 11 is 0. The molecule has 0 radical (unpaired) electrons. The van der Waals surface area contributed by atoms with E-state index in [0.717, 1.165) is 12.1 Å². The van der Waals surface area contributed by atoms with Gasteiger partial charge in [0.2, 0.25) is 0 Å². The summed E-state index contributed by atoms with van der Waals surface area (Å²) in [6.45, 7) is 0. The third-order valence-electron chi connectivity index (χ3n) is 4.90. The maximum atomic E-state index is 4.19. The van der Waals surface area contributed by atoms with E-state index >= 15 is 0 Å². The van der Waals surface area contributed by atoms with Crippen LogP contribution in [0.15, 0.2) is 24.5 Å². The first kappa shape index (κ1) is 13.0. The lowest BCUT2D eigenvalue weighted by Gasteiger charge is -2.43. The summed E-state index contributed by atoms with van der Waals surface area (Å²) in [6.07, 6.45) is 18.0. The maximum absolute atomic E-state index is 4.19. The predicted octanol–water partition coefficient (Wildman–Crippen LogP) is 4.55. The second kappa shape index (κ2) is 6.40. The Morgan fingerprint density at radius 1 is 0.737 bits per heavy atom. The number of hydrogen-bond acceptors (Lipinski definition) is 2. The zero-order chi connectivity index (χ0) is 12.9. The number of aromatic nitrogens is 1. The Morgan fingerprint density at radius 3 is 1.68 bits per heavy atom. The summed E-state index contributed by atoms with van der Waals surface area (Å²) < 4.78 is 0. The van der Waals surface area contributed by atoms with Crippen molar-refractivity contribution in [2.24, 2.45) is 0 Å². The lowest BCUT2D eigenvalue weighted by molar-refractivity contribution is 0.340. The Bertz CT molecular complexity index is 346. The van der Waals surface area contributed by atoms with Crippen LogP contribution in [0.3, 0.4) is 0 Å². The van der Waals surface area contributed by atoms with Gasteiger partial charge in [-0.3, -0.25) is 4.98 Å². The van der Waals surface area contributed by atoms with Crippen LogP contribution in [-0.2, 0) is 0 Å². The van der Waals surface area contributed by atoms with E-state index in [-0.39, 0.29) is 0 Å². The van der Waals surface area contributed by atoms with Crippen molar-refractivity contribution in [2.75, 3.05) is 4.90 Å². The minimum atomic E-state index is 0.777. The van der Waals surface area contributed by atoms with Crippen LogP contribution in [0, 0.1) is 0 Å². The third-order valence-corrected chi connectivity index (χ3v) is 4.90. The molecule has 104 valence electrons. The molecule has 2 heteroatoms. The largest absolute Gasteiger partial charge is 0.365 e. The second-order valence-electron chi connectivity index (χ2n) is 6.20. The molecule has 2 aliphatic carbocycles. The molecule has 0 spiro atoms. The highest BCUT2D eigenvalue weighted by atomic mass is 15.2. The Balaban J connectivity index is 1.81. The first-order valence-corrected chi connectivity index (χ1v) is 8.13. The van der Waals surface area contributed by atoms with Crippen molar-refractivity contribution in [1.82, 2.24) is 4.98 Å². The molecule has 0 amide bonds. The first-order chi connectivity index (χ1) is 9.45. The number of rotatable bonds is 3. The van der Waals surface area contributed by atoms with Gasteiger partial charge in [-0.15, -0.1) is 0 Å². The highest BCUT2D eigenvalue weighted by Crippen LogP contribution is 2.33. The fourth-order valence-electron chi connectivity index (χ4n) is 3.95. The fourth-order valence-corrected chi connectivity index (χ4v) is 3.95. The fraction of sp³-hybridized carbons (Fsp3) is 0.706. The molecular formula is C17H26N2. The van der Waals surface area contributed by atoms with Crippen LogP contribution < -0.4 is 4.90 Å². The quantitative estimate of drug-likeness (QED) is 0.790. The topological polar surface area (TPSA) is 16.1 Å². The zero-order valence-corrected chi connectivity index (χ0v) is 11.9. The Labute approximate surface area is 117 Å². The van der Waals surface area contributed by atoms with E-state index in [4.69, 9.17) is 0 Å². The molecule has 0 unspecified atom stereocenters. The molecule has 2 aliphatic rings. The highest BCUT2D eigenvalue weighted by Gasteiger charge is 2.28. The van der Waals surface area contributed by atoms with Gasteiger partial charge in [0.25, 0.3) is 0 Å². The molecule has 2 fully saturated rings. The van der Waals surface area contributed by atoms with Gasteiger partial charge in [0, 0.05) is 30.2 Å². The molecule has 19 heavy (non-hydrogen) atoms. The van der Waals surface area contributed by atoms with E-state index in [1.807, 2.05) is 12.4 Å². The average Bonchev–Trinajstić information content (AvgIpc) is 2.51. The van der Waals surface area contributed by atoms with Crippen LogP contribution in [0.25, 0.3) is 0 Å². The van der Waals surface area contributed by atoms with Crippen LogP contribution in [-0.4, -0.2) is 17.1 Å². The Kier molecular flexibility index (Phi) is 4.37. The first-order valence-electron chi connectivity index (χ1n) is 8.13. The van der Waals surface area contributed by atoms with Crippen molar-refractivity contribution in [3.05, 3.63) is 24.5 Å². The molecule has 0 atom stereocenters. The Hall–Kier alpha value is -1.05. The summed E-state index contributed by atoms with van der Waals surface area (Å²) in [5.41, 5.74) is 1.41. The third kappa shape index (κ3) is 3.10. The summed E-state index contributed by atoms with van der Waals surface area (Å²) in [5.74, 6) is 0. The van der Waals surface area contributed by atoms with Crippen molar-refractivity contribution < 1.29 is 0 Å². The maximum Gasteiger partial charge on any atom is 0.0402 e. The summed E-state index contributed by atoms with van der Waals surface area (Å²) in [5, 5.41) is 0. The summed E-state index contributed by atoms with van der Waals surface area (Å²) in [7, 11) is 0. The van der Waals surface area contributed by atoms with Crippen LogP contribution in [0.4, 0.5) is 5.69 Å².